The maximum Gasteiger partial charge on any atom is 0.338 e. The van der Waals surface area contributed by atoms with Crippen LogP contribution in [0.25, 0.3) is 0 Å². The molecule has 8 heteroatoms. The first kappa shape index (κ1) is 18.4. The van der Waals surface area contributed by atoms with Gasteiger partial charge in [0.05, 0.1) is 17.0 Å². The van der Waals surface area contributed by atoms with E-state index in [4.69, 9.17) is 16.3 Å². The topological polar surface area (TPSA) is 80.8 Å². The number of anilines is 1. The van der Waals surface area contributed by atoms with Crippen molar-refractivity contribution >= 4 is 39.1 Å². The lowest BCUT2D eigenvalue weighted by atomic mass is 10.1. The smallest absolute Gasteiger partial charge is 0.338 e. The standard InChI is InChI=1S/C18H16ClNO5S/c19-15-6-2-13(3-7-15)17(21)12-25-18(22)14-4-8-16(9-5-14)20-10-1-11-26(20,23)24/h2-9H,1,10-12H2. The number of esters is 1. The molecule has 26 heavy (non-hydrogen) atoms. The van der Waals surface area contributed by atoms with Gasteiger partial charge in [-0.25, -0.2) is 13.2 Å². The van der Waals surface area contributed by atoms with Gasteiger partial charge < -0.3 is 4.74 Å². The van der Waals surface area contributed by atoms with Crippen molar-refractivity contribution in [3.05, 3.63) is 64.7 Å². The van der Waals surface area contributed by atoms with E-state index in [1.54, 1.807) is 36.4 Å². The van der Waals surface area contributed by atoms with Crippen molar-refractivity contribution in [3.63, 3.8) is 0 Å². The van der Waals surface area contributed by atoms with Crippen LogP contribution in [-0.4, -0.2) is 39.1 Å². The average molecular weight is 394 g/mol. The Morgan fingerprint density at radius 1 is 1.00 bits per heavy atom. The number of nitrogens with zero attached hydrogens (tertiary/aromatic N) is 1. The molecule has 2 aromatic carbocycles. The van der Waals surface area contributed by atoms with Gasteiger partial charge in [0.2, 0.25) is 10.0 Å². The molecule has 0 saturated carbocycles. The molecule has 2 aromatic rings. The minimum absolute atomic E-state index is 0.129. The first-order valence-electron chi connectivity index (χ1n) is 7.93. The molecule has 136 valence electrons. The van der Waals surface area contributed by atoms with Gasteiger partial charge in [0, 0.05) is 17.1 Å². The van der Waals surface area contributed by atoms with Gasteiger partial charge in [-0.3, -0.25) is 9.10 Å². The molecule has 1 fully saturated rings. The van der Waals surface area contributed by atoms with Crippen molar-refractivity contribution < 1.29 is 22.7 Å². The molecule has 0 unspecified atom stereocenters. The second-order valence-electron chi connectivity index (χ2n) is 5.79. The summed E-state index contributed by atoms with van der Waals surface area (Å²) in [6.07, 6.45) is 0.582. The van der Waals surface area contributed by atoms with E-state index in [2.05, 4.69) is 0 Å². The number of sulfonamides is 1. The van der Waals surface area contributed by atoms with Gasteiger partial charge in [-0.2, -0.15) is 0 Å². The van der Waals surface area contributed by atoms with Crippen molar-refractivity contribution in [2.45, 2.75) is 6.42 Å². The van der Waals surface area contributed by atoms with Crippen molar-refractivity contribution in [1.82, 2.24) is 0 Å². The van der Waals surface area contributed by atoms with Crippen LogP contribution in [0.2, 0.25) is 5.02 Å². The lowest BCUT2D eigenvalue weighted by molar-refractivity contribution is 0.0475. The van der Waals surface area contributed by atoms with E-state index in [0.717, 1.165) is 0 Å². The number of carbonyl (C=O) groups is 2. The molecule has 0 bridgehead atoms. The summed E-state index contributed by atoms with van der Waals surface area (Å²) in [5.41, 5.74) is 1.15. The SMILES string of the molecule is O=C(COC(=O)c1ccc(N2CCCS2(=O)=O)cc1)c1ccc(Cl)cc1. The quantitative estimate of drug-likeness (QED) is 0.576. The van der Waals surface area contributed by atoms with Gasteiger partial charge in [0.1, 0.15) is 0 Å². The zero-order chi connectivity index (χ0) is 18.7. The van der Waals surface area contributed by atoms with E-state index in [-0.39, 0.29) is 23.7 Å². The number of hydrogen-bond donors (Lipinski definition) is 0. The largest absolute Gasteiger partial charge is 0.454 e. The molecule has 3 rings (SSSR count). The van der Waals surface area contributed by atoms with Gasteiger partial charge in [-0.05, 0) is 55.0 Å². The third-order valence-corrected chi connectivity index (χ3v) is 6.11. The Labute approximate surface area is 156 Å². The molecule has 0 aliphatic carbocycles. The lowest BCUT2D eigenvalue weighted by Gasteiger charge is -2.16. The molecule has 1 saturated heterocycles. The minimum Gasteiger partial charge on any atom is -0.454 e. The van der Waals surface area contributed by atoms with Crippen LogP contribution in [0.4, 0.5) is 5.69 Å². The Morgan fingerprint density at radius 3 is 2.19 bits per heavy atom. The van der Waals surface area contributed by atoms with Crippen molar-refractivity contribution in [2.75, 3.05) is 23.2 Å². The number of hydrogen-bond acceptors (Lipinski definition) is 5. The number of rotatable bonds is 5. The first-order valence-corrected chi connectivity index (χ1v) is 9.92. The molecule has 1 heterocycles. The van der Waals surface area contributed by atoms with Gasteiger partial charge in [-0.15, -0.1) is 0 Å². The van der Waals surface area contributed by atoms with E-state index < -0.39 is 16.0 Å². The van der Waals surface area contributed by atoms with Crippen LogP contribution >= 0.6 is 11.6 Å². The molecule has 6 nitrogen and oxygen atoms in total. The second kappa shape index (κ2) is 7.47. The fourth-order valence-corrected chi connectivity index (χ4v) is 4.32. The predicted molar refractivity (Wildman–Crippen MR) is 98.3 cm³/mol. The molecule has 1 aliphatic rings. The number of carbonyl (C=O) groups excluding carboxylic acids is 2. The summed E-state index contributed by atoms with van der Waals surface area (Å²) >= 11 is 5.76. The van der Waals surface area contributed by atoms with Crippen LogP contribution in [0, 0.1) is 0 Å². The number of Topliss-reactive ketones (excluding diaryl/α,β-unsaturated/α-hetero) is 1. The van der Waals surface area contributed by atoms with Crippen LogP contribution in [0.3, 0.4) is 0 Å². The van der Waals surface area contributed by atoms with Crippen LogP contribution in [0.15, 0.2) is 48.5 Å². The normalized spacial score (nSPS) is 15.7. The third-order valence-electron chi connectivity index (χ3n) is 3.99. The van der Waals surface area contributed by atoms with E-state index in [0.29, 0.717) is 29.2 Å². The summed E-state index contributed by atoms with van der Waals surface area (Å²) < 4.78 is 30.2. The first-order chi connectivity index (χ1) is 12.4. The van der Waals surface area contributed by atoms with Crippen LogP contribution < -0.4 is 4.31 Å². The summed E-state index contributed by atoms with van der Waals surface area (Å²) in [6.45, 7) is 0.0461. The zero-order valence-electron chi connectivity index (χ0n) is 13.7. The molecule has 0 radical (unpaired) electrons. The maximum atomic E-state index is 12.1. The van der Waals surface area contributed by atoms with Gasteiger partial charge >= 0.3 is 5.97 Å². The summed E-state index contributed by atoms with van der Waals surface area (Å²) in [4.78, 5) is 24.1. The highest BCUT2D eigenvalue weighted by Gasteiger charge is 2.28. The molecule has 0 atom stereocenters. The van der Waals surface area contributed by atoms with Crippen LogP contribution in [-0.2, 0) is 14.8 Å². The highest BCUT2D eigenvalue weighted by atomic mass is 35.5. The molecule has 0 amide bonds. The Morgan fingerprint density at radius 2 is 1.62 bits per heavy atom. The fourth-order valence-electron chi connectivity index (χ4n) is 2.63. The monoisotopic (exact) mass is 393 g/mol. The molecular weight excluding hydrogens is 378 g/mol. The average Bonchev–Trinajstić information content (AvgIpc) is 2.99. The predicted octanol–water partition coefficient (Wildman–Crippen LogP) is 2.92. The van der Waals surface area contributed by atoms with E-state index in [1.807, 2.05) is 0 Å². The van der Waals surface area contributed by atoms with Crippen molar-refractivity contribution in [1.29, 1.82) is 0 Å². The minimum atomic E-state index is -3.27. The van der Waals surface area contributed by atoms with Crippen molar-refractivity contribution in [2.24, 2.45) is 0 Å². The van der Waals surface area contributed by atoms with Gasteiger partial charge in [-0.1, -0.05) is 11.6 Å². The maximum absolute atomic E-state index is 12.1. The summed E-state index contributed by atoms with van der Waals surface area (Å²) in [5.74, 6) is -0.859. The summed E-state index contributed by atoms with van der Waals surface area (Å²) in [7, 11) is -3.27. The highest BCUT2D eigenvalue weighted by Crippen LogP contribution is 2.24. The Kier molecular flexibility index (Phi) is 5.29. The molecule has 0 N–H and O–H groups in total. The third kappa shape index (κ3) is 4.05. The van der Waals surface area contributed by atoms with Gasteiger partial charge in [0.15, 0.2) is 12.4 Å². The summed E-state index contributed by atoms with van der Waals surface area (Å²) in [5, 5.41) is 0.513. The van der Waals surface area contributed by atoms with Crippen molar-refractivity contribution in [3.8, 4) is 0 Å². The fraction of sp³-hybridized carbons (Fsp3) is 0.222. The highest BCUT2D eigenvalue weighted by molar-refractivity contribution is 7.93. The zero-order valence-corrected chi connectivity index (χ0v) is 15.3. The Bertz CT molecular complexity index is 923. The molecule has 0 aromatic heterocycles. The number of ketones is 1. The second-order valence-corrected chi connectivity index (χ2v) is 8.24. The Balaban J connectivity index is 1.61. The van der Waals surface area contributed by atoms with Crippen LogP contribution in [0.1, 0.15) is 27.1 Å². The number of benzene rings is 2. The molecular formula is C18H16ClNO5S. The summed E-state index contributed by atoms with van der Waals surface area (Å²) in [6, 6.07) is 12.4. The van der Waals surface area contributed by atoms with E-state index >= 15 is 0 Å². The molecule has 0 spiro atoms. The van der Waals surface area contributed by atoms with Crippen LogP contribution in [0.5, 0.6) is 0 Å². The van der Waals surface area contributed by atoms with Gasteiger partial charge in [0.25, 0.3) is 0 Å². The van der Waals surface area contributed by atoms with E-state index in [1.165, 1.54) is 16.4 Å². The lowest BCUT2D eigenvalue weighted by Crippen LogP contribution is -2.25. The van der Waals surface area contributed by atoms with E-state index in [9.17, 15) is 18.0 Å². The number of ether oxygens (including phenoxy) is 1. The number of halogens is 1. The molecule has 1 aliphatic heterocycles. The Hall–Kier alpha value is -2.38.